The molecule has 0 saturated heterocycles. The van der Waals surface area contributed by atoms with Crippen LogP contribution < -0.4 is 0 Å². The molecule has 0 saturated carbocycles. The van der Waals surface area contributed by atoms with Crippen molar-refractivity contribution in [2.75, 3.05) is 0 Å². The van der Waals surface area contributed by atoms with Crippen LogP contribution in [-0.4, -0.2) is 15.1 Å². The van der Waals surface area contributed by atoms with Gasteiger partial charge in [-0.3, -0.25) is 0 Å². The number of hydrogen-bond donors (Lipinski definition) is 1. The summed E-state index contributed by atoms with van der Waals surface area (Å²) in [5.74, 6) is 0. The fourth-order valence-corrected chi connectivity index (χ4v) is 2.05. The van der Waals surface area contributed by atoms with E-state index >= 15 is 0 Å². The van der Waals surface area contributed by atoms with Crippen LogP contribution in [0.25, 0.3) is 0 Å². The lowest BCUT2D eigenvalue weighted by atomic mass is 10.1. The predicted molar refractivity (Wildman–Crippen MR) is 68.0 cm³/mol. The molecule has 1 heterocycles. The van der Waals surface area contributed by atoms with Crippen molar-refractivity contribution in [1.29, 1.82) is 0 Å². The van der Waals surface area contributed by atoms with E-state index in [1.54, 1.807) is 19.3 Å². The number of aryl methyl sites for hydroxylation is 1. The van der Waals surface area contributed by atoms with Gasteiger partial charge in [-0.25, -0.2) is 9.97 Å². The second-order valence-electron chi connectivity index (χ2n) is 3.89. The van der Waals surface area contributed by atoms with Crippen molar-refractivity contribution in [3.8, 4) is 0 Å². The summed E-state index contributed by atoms with van der Waals surface area (Å²) in [6, 6.07) is 7.77. The summed E-state index contributed by atoms with van der Waals surface area (Å²) < 4.78 is 0. The molecule has 2 rings (SSSR count). The minimum Gasteiger partial charge on any atom is -0.389 e. The Hall–Kier alpha value is -1.39. The van der Waals surface area contributed by atoms with Crippen LogP contribution in [0.4, 0.5) is 0 Å². The molecule has 0 spiro atoms. The zero-order valence-electron chi connectivity index (χ0n) is 9.79. The quantitative estimate of drug-likeness (QED) is 0.846. The minimum absolute atomic E-state index is 0.426. The van der Waals surface area contributed by atoms with Gasteiger partial charge < -0.3 is 5.11 Å². The van der Waals surface area contributed by atoms with Gasteiger partial charge in [0.05, 0.1) is 6.10 Å². The summed E-state index contributed by atoms with van der Waals surface area (Å²) in [4.78, 5) is 9.53. The SMILES string of the molecule is Cc1cnc(Sc2ccc([C@@H](C)O)cc2)nc1. The third kappa shape index (κ3) is 3.28. The lowest BCUT2D eigenvalue weighted by Gasteiger charge is -2.05. The number of nitrogens with zero attached hydrogens (tertiary/aromatic N) is 2. The molecule has 0 aliphatic rings. The highest BCUT2D eigenvalue weighted by Crippen LogP contribution is 2.25. The molecule has 0 radical (unpaired) electrons. The molecule has 88 valence electrons. The van der Waals surface area contributed by atoms with Crippen molar-refractivity contribution in [3.05, 3.63) is 47.8 Å². The van der Waals surface area contributed by atoms with Crippen molar-refractivity contribution in [3.63, 3.8) is 0 Å². The Morgan fingerprint density at radius 3 is 2.24 bits per heavy atom. The average Bonchev–Trinajstić information content (AvgIpc) is 2.33. The van der Waals surface area contributed by atoms with Crippen LogP contribution in [0.2, 0.25) is 0 Å². The maximum atomic E-state index is 9.40. The molecule has 1 atom stereocenters. The summed E-state index contributed by atoms with van der Waals surface area (Å²) in [6.07, 6.45) is 3.18. The zero-order chi connectivity index (χ0) is 12.3. The number of aliphatic hydroxyl groups excluding tert-OH is 1. The molecule has 1 aromatic carbocycles. The zero-order valence-corrected chi connectivity index (χ0v) is 10.6. The van der Waals surface area contributed by atoms with Crippen LogP contribution in [0, 0.1) is 6.92 Å². The van der Waals surface area contributed by atoms with E-state index in [4.69, 9.17) is 0 Å². The van der Waals surface area contributed by atoms with Crippen molar-refractivity contribution in [1.82, 2.24) is 9.97 Å². The molecular weight excluding hydrogens is 232 g/mol. The third-order valence-electron chi connectivity index (χ3n) is 2.33. The van der Waals surface area contributed by atoms with Crippen molar-refractivity contribution >= 4 is 11.8 Å². The Morgan fingerprint density at radius 2 is 1.71 bits per heavy atom. The molecule has 0 fully saturated rings. The second-order valence-corrected chi connectivity index (χ2v) is 4.93. The van der Waals surface area contributed by atoms with E-state index in [-0.39, 0.29) is 0 Å². The van der Waals surface area contributed by atoms with E-state index in [9.17, 15) is 5.11 Å². The highest BCUT2D eigenvalue weighted by molar-refractivity contribution is 7.99. The second kappa shape index (κ2) is 5.29. The molecule has 0 bridgehead atoms. The van der Waals surface area contributed by atoms with Crippen LogP contribution in [0.15, 0.2) is 46.7 Å². The Morgan fingerprint density at radius 1 is 1.12 bits per heavy atom. The van der Waals surface area contributed by atoms with Crippen molar-refractivity contribution in [2.45, 2.75) is 30.0 Å². The van der Waals surface area contributed by atoms with Gasteiger partial charge in [0.2, 0.25) is 0 Å². The molecule has 0 aliphatic heterocycles. The van der Waals surface area contributed by atoms with Gasteiger partial charge in [-0.1, -0.05) is 12.1 Å². The fraction of sp³-hybridized carbons (Fsp3) is 0.231. The average molecular weight is 246 g/mol. The van der Waals surface area contributed by atoms with Crippen LogP contribution in [0.1, 0.15) is 24.2 Å². The summed E-state index contributed by atoms with van der Waals surface area (Å²) in [7, 11) is 0. The van der Waals surface area contributed by atoms with Crippen molar-refractivity contribution in [2.24, 2.45) is 0 Å². The Balaban J connectivity index is 2.11. The first kappa shape index (κ1) is 12.1. The number of rotatable bonds is 3. The first-order chi connectivity index (χ1) is 8.15. The third-order valence-corrected chi connectivity index (χ3v) is 3.23. The molecule has 1 aromatic heterocycles. The number of benzene rings is 1. The van der Waals surface area contributed by atoms with Gasteiger partial charge >= 0.3 is 0 Å². The summed E-state index contributed by atoms with van der Waals surface area (Å²) >= 11 is 1.51. The van der Waals surface area contributed by atoms with E-state index in [1.807, 2.05) is 31.2 Å². The minimum atomic E-state index is -0.426. The molecule has 0 aliphatic carbocycles. The topological polar surface area (TPSA) is 46.0 Å². The predicted octanol–water partition coefficient (Wildman–Crippen LogP) is 2.99. The standard InChI is InChI=1S/C13H14N2OS/c1-9-7-14-13(15-8-9)17-12-5-3-11(4-6-12)10(2)16/h3-8,10,16H,1-2H3/t10-/m1/s1. The van der Waals surface area contributed by atoms with Gasteiger partial charge in [0.15, 0.2) is 5.16 Å². The summed E-state index contributed by atoms with van der Waals surface area (Å²) in [6.45, 7) is 3.72. The monoisotopic (exact) mass is 246 g/mol. The number of aromatic nitrogens is 2. The molecule has 17 heavy (non-hydrogen) atoms. The molecule has 2 aromatic rings. The summed E-state index contributed by atoms with van der Waals surface area (Å²) in [5, 5.41) is 10.1. The Labute approximate surface area is 105 Å². The maximum Gasteiger partial charge on any atom is 0.192 e. The number of aliphatic hydroxyl groups is 1. The smallest absolute Gasteiger partial charge is 0.192 e. The molecule has 0 unspecified atom stereocenters. The van der Waals surface area contributed by atoms with E-state index in [2.05, 4.69) is 9.97 Å². The molecular formula is C13H14N2OS. The van der Waals surface area contributed by atoms with E-state index in [1.165, 1.54) is 11.8 Å². The van der Waals surface area contributed by atoms with E-state index < -0.39 is 6.10 Å². The highest BCUT2D eigenvalue weighted by atomic mass is 32.2. The van der Waals surface area contributed by atoms with E-state index in [0.717, 1.165) is 21.2 Å². The van der Waals surface area contributed by atoms with Crippen LogP contribution in [0.3, 0.4) is 0 Å². The lowest BCUT2D eigenvalue weighted by Crippen LogP contribution is -1.90. The van der Waals surface area contributed by atoms with Crippen LogP contribution >= 0.6 is 11.8 Å². The molecule has 0 amide bonds. The molecule has 3 nitrogen and oxygen atoms in total. The van der Waals surface area contributed by atoms with Gasteiger partial charge in [-0.2, -0.15) is 0 Å². The van der Waals surface area contributed by atoms with Gasteiger partial charge in [0.1, 0.15) is 0 Å². The highest BCUT2D eigenvalue weighted by Gasteiger charge is 2.03. The van der Waals surface area contributed by atoms with Crippen LogP contribution in [-0.2, 0) is 0 Å². The van der Waals surface area contributed by atoms with Crippen molar-refractivity contribution < 1.29 is 5.11 Å². The van der Waals surface area contributed by atoms with Crippen LogP contribution in [0.5, 0.6) is 0 Å². The molecule has 1 N–H and O–H groups in total. The Kier molecular flexibility index (Phi) is 3.76. The van der Waals surface area contributed by atoms with Gasteiger partial charge in [-0.15, -0.1) is 0 Å². The normalized spacial score (nSPS) is 12.4. The van der Waals surface area contributed by atoms with E-state index in [0.29, 0.717) is 0 Å². The van der Waals surface area contributed by atoms with Gasteiger partial charge in [0, 0.05) is 17.3 Å². The first-order valence-electron chi connectivity index (χ1n) is 5.39. The maximum absolute atomic E-state index is 9.40. The Bertz CT molecular complexity index is 480. The largest absolute Gasteiger partial charge is 0.389 e. The lowest BCUT2D eigenvalue weighted by molar-refractivity contribution is 0.199. The first-order valence-corrected chi connectivity index (χ1v) is 6.21. The van der Waals surface area contributed by atoms with Gasteiger partial charge in [0.25, 0.3) is 0 Å². The number of hydrogen-bond acceptors (Lipinski definition) is 4. The fourth-order valence-electron chi connectivity index (χ4n) is 1.35. The van der Waals surface area contributed by atoms with Gasteiger partial charge in [-0.05, 0) is 48.9 Å². The summed E-state index contributed by atoms with van der Waals surface area (Å²) in [5.41, 5.74) is 1.97. The molecule has 4 heteroatoms.